The first-order valence-corrected chi connectivity index (χ1v) is 8.87. The molecule has 1 saturated heterocycles. The lowest BCUT2D eigenvalue weighted by Gasteiger charge is -2.33. The Bertz CT molecular complexity index is 771. The van der Waals surface area contributed by atoms with Crippen LogP contribution in [-0.2, 0) is 4.79 Å². The smallest absolute Gasteiger partial charge is 0.260 e. The second-order valence-corrected chi connectivity index (χ2v) is 6.58. The van der Waals surface area contributed by atoms with Crippen molar-refractivity contribution in [1.82, 2.24) is 4.90 Å². The number of carbonyl (C=O) groups excluding carboxylic acids is 2. The van der Waals surface area contributed by atoms with E-state index in [-0.39, 0.29) is 30.2 Å². The molecule has 0 saturated carbocycles. The summed E-state index contributed by atoms with van der Waals surface area (Å²) in [6, 6.07) is 12.3. The number of rotatable bonds is 5. The third kappa shape index (κ3) is 4.28. The van der Waals surface area contributed by atoms with E-state index in [4.69, 9.17) is 4.74 Å². The minimum Gasteiger partial charge on any atom is -0.484 e. The molecule has 0 radical (unpaired) electrons. The minimum atomic E-state index is -0.377. The molecule has 26 heavy (non-hydrogen) atoms. The number of ketones is 1. The predicted molar refractivity (Wildman–Crippen MR) is 96.8 cm³/mol. The van der Waals surface area contributed by atoms with Gasteiger partial charge in [-0.2, -0.15) is 0 Å². The van der Waals surface area contributed by atoms with Crippen LogP contribution >= 0.6 is 0 Å². The molecule has 2 aromatic rings. The number of hydrogen-bond acceptors (Lipinski definition) is 3. The fourth-order valence-corrected chi connectivity index (χ4v) is 3.17. The monoisotopic (exact) mass is 355 g/mol. The van der Waals surface area contributed by atoms with Gasteiger partial charge in [0.2, 0.25) is 0 Å². The van der Waals surface area contributed by atoms with Crippen molar-refractivity contribution in [2.45, 2.75) is 32.2 Å². The van der Waals surface area contributed by atoms with Crippen LogP contribution in [0.15, 0.2) is 48.5 Å². The maximum atomic E-state index is 13.0. The summed E-state index contributed by atoms with van der Waals surface area (Å²) in [6.45, 7) is 2.84. The molecule has 3 rings (SSSR count). The highest BCUT2D eigenvalue weighted by Crippen LogP contribution is 2.18. The quantitative estimate of drug-likeness (QED) is 0.766. The number of nitrogens with zero attached hydrogens (tertiary/aromatic N) is 1. The van der Waals surface area contributed by atoms with E-state index in [0.717, 1.165) is 25.8 Å². The van der Waals surface area contributed by atoms with Gasteiger partial charge in [-0.1, -0.05) is 0 Å². The lowest BCUT2D eigenvalue weighted by atomic mass is 10.0. The Balaban J connectivity index is 1.58. The van der Waals surface area contributed by atoms with E-state index in [1.807, 2.05) is 4.90 Å². The van der Waals surface area contributed by atoms with Gasteiger partial charge in [-0.3, -0.25) is 9.59 Å². The second-order valence-electron chi connectivity index (χ2n) is 6.58. The van der Waals surface area contributed by atoms with Gasteiger partial charge in [-0.05, 0) is 74.7 Å². The minimum absolute atomic E-state index is 0.00437. The van der Waals surface area contributed by atoms with Gasteiger partial charge in [0.25, 0.3) is 5.91 Å². The van der Waals surface area contributed by atoms with Gasteiger partial charge in [0.15, 0.2) is 12.4 Å². The fourth-order valence-electron chi connectivity index (χ4n) is 3.17. The van der Waals surface area contributed by atoms with Gasteiger partial charge in [0, 0.05) is 23.7 Å². The van der Waals surface area contributed by atoms with Crippen LogP contribution < -0.4 is 4.74 Å². The lowest BCUT2D eigenvalue weighted by Crippen LogP contribution is -2.44. The summed E-state index contributed by atoms with van der Waals surface area (Å²) in [7, 11) is 0. The number of likely N-dealkylation sites (tertiary alicyclic amines) is 1. The molecule has 4 nitrogen and oxygen atoms in total. The number of piperidine rings is 1. The number of ether oxygens (including phenoxy) is 1. The molecule has 0 unspecified atom stereocenters. The van der Waals surface area contributed by atoms with Crippen LogP contribution in [0, 0.1) is 5.82 Å². The van der Waals surface area contributed by atoms with Crippen molar-refractivity contribution in [3.63, 3.8) is 0 Å². The molecule has 1 aliphatic rings. The van der Waals surface area contributed by atoms with Crippen LogP contribution in [0.1, 0.15) is 42.1 Å². The van der Waals surface area contributed by atoms with Crippen LogP contribution in [0.2, 0.25) is 0 Å². The van der Waals surface area contributed by atoms with Crippen LogP contribution in [0.5, 0.6) is 5.75 Å². The largest absolute Gasteiger partial charge is 0.484 e. The second kappa shape index (κ2) is 8.13. The fraction of sp³-hybridized carbons (Fsp3) is 0.333. The molecule has 0 spiro atoms. The number of halogens is 1. The Labute approximate surface area is 152 Å². The molecule has 0 N–H and O–H groups in total. The average molecular weight is 355 g/mol. The molecule has 1 aliphatic heterocycles. The lowest BCUT2D eigenvalue weighted by molar-refractivity contribution is -0.136. The Kier molecular flexibility index (Phi) is 5.66. The third-order valence-corrected chi connectivity index (χ3v) is 4.71. The Morgan fingerprint density at radius 1 is 1.04 bits per heavy atom. The normalized spacial score (nSPS) is 17.0. The molecule has 0 aliphatic carbocycles. The molecule has 5 heteroatoms. The summed E-state index contributed by atoms with van der Waals surface area (Å²) in [5.41, 5.74) is 0.911. The van der Waals surface area contributed by atoms with Gasteiger partial charge in [-0.25, -0.2) is 4.39 Å². The first kappa shape index (κ1) is 18.1. The number of carbonyl (C=O) groups is 2. The summed E-state index contributed by atoms with van der Waals surface area (Å²) < 4.78 is 18.5. The van der Waals surface area contributed by atoms with Crippen molar-refractivity contribution >= 4 is 11.7 Å². The van der Waals surface area contributed by atoms with Crippen molar-refractivity contribution in [2.24, 2.45) is 0 Å². The molecule has 1 heterocycles. The highest BCUT2D eigenvalue weighted by atomic mass is 19.1. The van der Waals surface area contributed by atoms with Gasteiger partial charge >= 0.3 is 0 Å². The van der Waals surface area contributed by atoms with Gasteiger partial charge in [-0.15, -0.1) is 0 Å². The van der Waals surface area contributed by atoms with E-state index in [9.17, 15) is 14.0 Å². The number of hydrogen-bond donors (Lipinski definition) is 0. The molecular formula is C21H22FNO3. The van der Waals surface area contributed by atoms with Gasteiger partial charge < -0.3 is 9.64 Å². The molecule has 1 fully saturated rings. The van der Waals surface area contributed by atoms with E-state index in [1.165, 1.54) is 24.3 Å². The standard InChI is InChI=1S/C21H22FNO3/c1-15-4-2-3-13-23(15)20(24)14-26-19-11-7-17(8-12-19)21(25)16-5-9-18(22)10-6-16/h5-12,15H,2-4,13-14H2,1H3/t15-/m1/s1. The molecular weight excluding hydrogens is 333 g/mol. The summed E-state index contributed by atoms with van der Waals surface area (Å²) in [4.78, 5) is 26.5. The molecule has 1 atom stereocenters. The van der Waals surface area contributed by atoms with Crippen LogP contribution in [0.4, 0.5) is 4.39 Å². The Morgan fingerprint density at radius 2 is 1.65 bits per heavy atom. The van der Waals surface area contributed by atoms with E-state index in [2.05, 4.69) is 6.92 Å². The summed E-state index contributed by atoms with van der Waals surface area (Å²) >= 11 is 0. The topological polar surface area (TPSA) is 46.6 Å². The summed E-state index contributed by atoms with van der Waals surface area (Å²) in [5, 5.41) is 0. The summed E-state index contributed by atoms with van der Waals surface area (Å²) in [5.74, 6) is -0.0323. The SMILES string of the molecule is C[C@@H]1CCCCN1C(=O)COc1ccc(C(=O)c2ccc(F)cc2)cc1. The van der Waals surface area contributed by atoms with Crippen LogP contribution in [-0.4, -0.2) is 35.8 Å². The summed E-state index contributed by atoms with van der Waals surface area (Å²) in [6.07, 6.45) is 3.23. The van der Waals surface area contributed by atoms with Gasteiger partial charge in [0.05, 0.1) is 0 Å². The van der Waals surface area contributed by atoms with Gasteiger partial charge in [0.1, 0.15) is 11.6 Å². The van der Waals surface area contributed by atoms with Crippen molar-refractivity contribution in [1.29, 1.82) is 0 Å². The molecule has 2 aromatic carbocycles. The number of amides is 1. The highest BCUT2D eigenvalue weighted by molar-refractivity contribution is 6.09. The van der Waals surface area contributed by atoms with Crippen molar-refractivity contribution in [3.05, 3.63) is 65.5 Å². The highest BCUT2D eigenvalue weighted by Gasteiger charge is 2.23. The maximum Gasteiger partial charge on any atom is 0.260 e. The van der Waals surface area contributed by atoms with Crippen molar-refractivity contribution in [3.8, 4) is 5.75 Å². The van der Waals surface area contributed by atoms with E-state index in [1.54, 1.807) is 24.3 Å². The first-order chi connectivity index (χ1) is 12.5. The van der Waals surface area contributed by atoms with E-state index in [0.29, 0.717) is 16.9 Å². The predicted octanol–water partition coefficient (Wildman–Crippen LogP) is 3.84. The van der Waals surface area contributed by atoms with Crippen LogP contribution in [0.3, 0.4) is 0 Å². The van der Waals surface area contributed by atoms with Crippen LogP contribution in [0.25, 0.3) is 0 Å². The van der Waals surface area contributed by atoms with Crippen molar-refractivity contribution < 1.29 is 18.7 Å². The molecule has 0 aromatic heterocycles. The maximum absolute atomic E-state index is 13.0. The zero-order chi connectivity index (χ0) is 18.5. The molecule has 1 amide bonds. The van der Waals surface area contributed by atoms with E-state index < -0.39 is 0 Å². The first-order valence-electron chi connectivity index (χ1n) is 8.87. The third-order valence-electron chi connectivity index (χ3n) is 4.71. The Hall–Kier alpha value is -2.69. The molecule has 0 bridgehead atoms. The van der Waals surface area contributed by atoms with E-state index >= 15 is 0 Å². The Morgan fingerprint density at radius 3 is 2.27 bits per heavy atom. The van der Waals surface area contributed by atoms with Crippen molar-refractivity contribution in [2.75, 3.05) is 13.2 Å². The molecule has 136 valence electrons. The zero-order valence-corrected chi connectivity index (χ0v) is 14.8. The average Bonchev–Trinajstić information content (AvgIpc) is 2.67. The zero-order valence-electron chi connectivity index (χ0n) is 14.8. The number of benzene rings is 2.